The van der Waals surface area contributed by atoms with E-state index in [0.717, 1.165) is 37.4 Å². The minimum atomic E-state index is -3.62. The summed E-state index contributed by atoms with van der Waals surface area (Å²) in [5.74, 6) is 0.848. The molecule has 0 bridgehead atoms. The first kappa shape index (κ1) is 24.2. The van der Waals surface area contributed by atoms with Crippen molar-refractivity contribution in [2.24, 2.45) is 0 Å². The Morgan fingerprint density at radius 2 is 1.72 bits per heavy atom. The van der Waals surface area contributed by atoms with E-state index in [2.05, 4.69) is 21.8 Å². The number of amides is 1. The molecular weight excluding hydrogens is 426 g/mol. The minimum Gasteiger partial charge on any atom is -0.497 e. The zero-order chi connectivity index (χ0) is 23.1. The van der Waals surface area contributed by atoms with Crippen LogP contribution in [-0.2, 0) is 21.2 Å². The predicted molar refractivity (Wildman–Crippen MR) is 125 cm³/mol. The average molecular weight is 460 g/mol. The second-order valence-electron chi connectivity index (χ2n) is 8.24. The fourth-order valence-corrected chi connectivity index (χ4v) is 5.18. The Bertz CT molecular complexity index is 1010. The van der Waals surface area contributed by atoms with Crippen molar-refractivity contribution in [1.29, 1.82) is 0 Å². The van der Waals surface area contributed by atoms with Gasteiger partial charge in [-0.2, -0.15) is 0 Å². The molecule has 1 fully saturated rings. The van der Waals surface area contributed by atoms with Crippen LogP contribution >= 0.6 is 0 Å². The fourth-order valence-electron chi connectivity index (χ4n) is 3.83. The van der Waals surface area contributed by atoms with E-state index in [1.54, 1.807) is 26.2 Å². The van der Waals surface area contributed by atoms with Gasteiger partial charge >= 0.3 is 0 Å². The molecule has 0 radical (unpaired) electrons. The normalized spacial score (nSPS) is 15.0. The molecule has 7 nitrogen and oxygen atoms in total. The second kappa shape index (κ2) is 10.9. The highest BCUT2D eigenvalue weighted by atomic mass is 32.2. The summed E-state index contributed by atoms with van der Waals surface area (Å²) in [4.78, 5) is 17.0. The van der Waals surface area contributed by atoms with Gasteiger partial charge in [0.1, 0.15) is 5.75 Å². The van der Waals surface area contributed by atoms with Crippen LogP contribution in [0.5, 0.6) is 5.75 Å². The van der Waals surface area contributed by atoms with Crippen LogP contribution in [0.2, 0.25) is 0 Å². The molecule has 1 heterocycles. The standard InChI is InChI=1S/C24H33N3O4S/c1-19-4-5-20(2)23(18-19)32(29,30)25-12-10-24(28)27-16-14-26(15-17-27)13-11-21-6-8-22(31-3)9-7-21/h4-9,18,25H,10-17H2,1-3H3. The lowest BCUT2D eigenvalue weighted by molar-refractivity contribution is -0.132. The SMILES string of the molecule is COc1ccc(CCN2CCN(C(=O)CCNS(=O)(=O)c3cc(C)ccc3C)CC2)cc1. The van der Waals surface area contributed by atoms with Crippen LogP contribution < -0.4 is 9.46 Å². The molecule has 2 aromatic rings. The van der Waals surface area contributed by atoms with Crippen molar-refractivity contribution in [2.45, 2.75) is 31.6 Å². The lowest BCUT2D eigenvalue weighted by Crippen LogP contribution is -2.49. The van der Waals surface area contributed by atoms with Gasteiger partial charge in [0.05, 0.1) is 12.0 Å². The molecular formula is C24H33N3O4S. The van der Waals surface area contributed by atoms with Gasteiger partial charge in [0.2, 0.25) is 15.9 Å². The van der Waals surface area contributed by atoms with Crippen LogP contribution in [0, 0.1) is 13.8 Å². The van der Waals surface area contributed by atoms with E-state index in [1.165, 1.54) is 5.56 Å². The Morgan fingerprint density at radius 1 is 1.03 bits per heavy atom. The maximum absolute atomic E-state index is 12.6. The number of nitrogens with zero attached hydrogens (tertiary/aromatic N) is 2. The number of carbonyl (C=O) groups excluding carboxylic acids is 1. The van der Waals surface area contributed by atoms with E-state index in [-0.39, 0.29) is 23.8 Å². The van der Waals surface area contributed by atoms with Crippen molar-refractivity contribution in [3.05, 3.63) is 59.2 Å². The Morgan fingerprint density at radius 3 is 2.38 bits per heavy atom. The first-order valence-corrected chi connectivity index (χ1v) is 12.5. The van der Waals surface area contributed by atoms with Crippen LogP contribution in [0.25, 0.3) is 0 Å². The molecule has 0 aromatic heterocycles. The quantitative estimate of drug-likeness (QED) is 0.623. The first-order chi connectivity index (χ1) is 15.3. The van der Waals surface area contributed by atoms with Gasteiger partial charge in [0.25, 0.3) is 0 Å². The third-order valence-electron chi connectivity index (χ3n) is 5.86. The van der Waals surface area contributed by atoms with Crippen LogP contribution in [0.4, 0.5) is 0 Å². The van der Waals surface area contributed by atoms with Gasteiger partial charge in [-0.3, -0.25) is 9.69 Å². The summed E-state index contributed by atoms with van der Waals surface area (Å²) in [6, 6.07) is 13.4. The molecule has 1 N–H and O–H groups in total. The Balaban J connectivity index is 1.40. The van der Waals surface area contributed by atoms with E-state index in [1.807, 2.05) is 30.0 Å². The number of hydrogen-bond acceptors (Lipinski definition) is 5. The smallest absolute Gasteiger partial charge is 0.240 e. The lowest BCUT2D eigenvalue weighted by Gasteiger charge is -2.34. The highest BCUT2D eigenvalue weighted by molar-refractivity contribution is 7.89. The Hall–Kier alpha value is -2.42. The number of aryl methyl sites for hydroxylation is 2. The van der Waals surface area contributed by atoms with E-state index in [9.17, 15) is 13.2 Å². The van der Waals surface area contributed by atoms with Crippen LogP contribution in [0.15, 0.2) is 47.4 Å². The topological polar surface area (TPSA) is 79.0 Å². The molecule has 8 heteroatoms. The second-order valence-corrected chi connectivity index (χ2v) is 9.97. The van der Waals surface area contributed by atoms with Crippen molar-refractivity contribution in [1.82, 2.24) is 14.5 Å². The molecule has 0 spiro atoms. The van der Waals surface area contributed by atoms with Crippen molar-refractivity contribution in [3.8, 4) is 5.75 Å². The van der Waals surface area contributed by atoms with Crippen LogP contribution in [-0.4, -0.2) is 70.5 Å². The highest BCUT2D eigenvalue weighted by Gasteiger charge is 2.22. The van der Waals surface area contributed by atoms with Gasteiger partial charge < -0.3 is 9.64 Å². The maximum Gasteiger partial charge on any atom is 0.240 e. The van der Waals surface area contributed by atoms with E-state index >= 15 is 0 Å². The van der Waals surface area contributed by atoms with E-state index < -0.39 is 10.0 Å². The number of ether oxygens (including phenoxy) is 1. The van der Waals surface area contributed by atoms with Crippen LogP contribution in [0.1, 0.15) is 23.1 Å². The van der Waals surface area contributed by atoms with Crippen molar-refractivity contribution in [3.63, 3.8) is 0 Å². The number of piperazine rings is 1. The summed E-state index contributed by atoms with van der Waals surface area (Å²) < 4.78 is 32.9. The van der Waals surface area contributed by atoms with Gasteiger partial charge in [0, 0.05) is 45.7 Å². The van der Waals surface area contributed by atoms with Crippen molar-refractivity contribution < 1.29 is 17.9 Å². The molecule has 1 amide bonds. The van der Waals surface area contributed by atoms with Gasteiger partial charge in [-0.05, 0) is 55.2 Å². The van der Waals surface area contributed by atoms with Gasteiger partial charge in [-0.25, -0.2) is 13.1 Å². The van der Waals surface area contributed by atoms with Gasteiger partial charge in [-0.1, -0.05) is 24.3 Å². The summed E-state index contributed by atoms with van der Waals surface area (Å²) in [5.41, 5.74) is 2.84. The third kappa shape index (κ3) is 6.54. The minimum absolute atomic E-state index is 0.0107. The summed E-state index contributed by atoms with van der Waals surface area (Å²) in [7, 11) is -1.96. The summed E-state index contributed by atoms with van der Waals surface area (Å²) >= 11 is 0. The molecule has 3 rings (SSSR count). The molecule has 1 aliphatic rings. The van der Waals surface area contributed by atoms with E-state index in [0.29, 0.717) is 18.7 Å². The number of nitrogens with one attached hydrogen (secondary N) is 1. The summed E-state index contributed by atoms with van der Waals surface area (Å²) in [6.07, 6.45) is 1.12. The molecule has 2 aromatic carbocycles. The van der Waals surface area contributed by atoms with Crippen molar-refractivity contribution in [2.75, 3.05) is 46.4 Å². The summed E-state index contributed by atoms with van der Waals surface area (Å²) in [5, 5.41) is 0. The number of sulfonamides is 1. The molecule has 32 heavy (non-hydrogen) atoms. The number of methoxy groups -OCH3 is 1. The molecule has 174 valence electrons. The third-order valence-corrected chi connectivity index (χ3v) is 7.47. The Kier molecular flexibility index (Phi) is 8.28. The molecule has 0 aliphatic carbocycles. The first-order valence-electron chi connectivity index (χ1n) is 11.0. The average Bonchev–Trinajstić information content (AvgIpc) is 2.79. The number of rotatable bonds is 9. The molecule has 1 aliphatic heterocycles. The largest absolute Gasteiger partial charge is 0.497 e. The molecule has 0 unspecified atom stereocenters. The monoisotopic (exact) mass is 459 g/mol. The number of carbonyl (C=O) groups is 1. The predicted octanol–water partition coefficient (Wildman–Crippen LogP) is 2.37. The van der Waals surface area contributed by atoms with Gasteiger partial charge in [-0.15, -0.1) is 0 Å². The number of hydrogen-bond donors (Lipinski definition) is 1. The van der Waals surface area contributed by atoms with Crippen LogP contribution in [0.3, 0.4) is 0 Å². The number of benzene rings is 2. The van der Waals surface area contributed by atoms with Gasteiger partial charge in [0.15, 0.2) is 0 Å². The zero-order valence-corrected chi connectivity index (χ0v) is 20.0. The Labute approximate surface area is 191 Å². The lowest BCUT2D eigenvalue weighted by atomic mass is 10.1. The van der Waals surface area contributed by atoms with E-state index in [4.69, 9.17) is 4.74 Å². The summed E-state index contributed by atoms with van der Waals surface area (Å²) in [6.45, 7) is 7.69. The highest BCUT2D eigenvalue weighted by Crippen LogP contribution is 2.17. The van der Waals surface area contributed by atoms with Crippen molar-refractivity contribution >= 4 is 15.9 Å². The maximum atomic E-state index is 12.6. The zero-order valence-electron chi connectivity index (χ0n) is 19.1. The fraction of sp³-hybridized carbons (Fsp3) is 0.458. The molecule has 0 atom stereocenters. The molecule has 1 saturated heterocycles. The molecule has 0 saturated carbocycles.